The van der Waals surface area contributed by atoms with E-state index in [1.165, 1.54) is 12.5 Å². The number of rotatable bonds is 5. The van der Waals surface area contributed by atoms with E-state index in [1.807, 2.05) is 12.1 Å². The Hall–Kier alpha value is -2.50. The number of nitrogens with zero attached hydrogens (tertiary/aromatic N) is 1. The normalized spacial score (nSPS) is 10.0. The Morgan fingerprint density at radius 2 is 2.28 bits per heavy atom. The molecule has 0 spiro atoms. The highest BCUT2D eigenvalue weighted by molar-refractivity contribution is 5.90. The Morgan fingerprint density at radius 3 is 3.00 bits per heavy atom. The molecule has 3 N–H and O–H groups in total. The van der Waals surface area contributed by atoms with Gasteiger partial charge in [-0.2, -0.15) is 0 Å². The smallest absolute Gasteiger partial charge is 0.227 e. The van der Waals surface area contributed by atoms with Crippen molar-refractivity contribution in [2.45, 2.75) is 6.42 Å². The summed E-state index contributed by atoms with van der Waals surface area (Å²) in [7, 11) is 0. The number of amides is 1. The number of nitrogens with one attached hydrogen (secondary N) is 1. The third-order valence-electron chi connectivity index (χ3n) is 2.22. The van der Waals surface area contributed by atoms with Crippen LogP contribution in [0.2, 0.25) is 0 Å². The van der Waals surface area contributed by atoms with Crippen LogP contribution in [0.4, 0.5) is 11.4 Å². The molecular weight excluding hydrogens is 234 g/mol. The van der Waals surface area contributed by atoms with Gasteiger partial charge in [-0.1, -0.05) is 17.3 Å². The minimum Gasteiger partial charge on any atom is -0.491 e. The maximum absolute atomic E-state index is 11.5. The van der Waals surface area contributed by atoms with Crippen LogP contribution >= 0.6 is 0 Å². The first-order chi connectivity index (χ1) is 8.75. The zero-order chi connectivity index (χ0) is 12.8. The van der Waals surface area contributed by atoms with Crippen molar-refractivity contribution >= 4 is 17.3 Å². The molecular formula is C12H13N3O3. The van der Waals surface area contributed by atoms with E-state index in [2.05, 4.69) is 15.0 Å². The first kappa shape index (κ1) is 12.0. The maximum Gasteiger partial charge on any atom is 0.227 e. The third kappa shape index (κ3) is 3.24. The highest BCUT2D eigenvalue weighted by Gasteiger charge is 2.05. The molecule has 2 rings (SSSR count). The number of nitrogens with two attached hydrogens (primary N) is 1. The lowest BCUT2D eigenvalue weighted by atomic mass is 10.3. The van der Waals surface area contributed by atoms with Crippen LogP contribution in [0.3, 0.4) is 0 Å². The number of aromatic nitrogens is 1. The molecule has 0 aliphatic rings. The first-order valence-corrected chi connectivity index (χ1v) is 5.42. The zero-order valence-corrected chi connectivity index (χ0v) is 9.63. The second-order valence-electron chi connectivity index (χ2n) is 3.60. The van der Waals surface area contributed by atoms with Crippen molar-refractivity contribution in [3.63, 3.8) is 0 Å². The summed E-state index contributed by atoms with van der Waals surface area (Å²) in [6, 6.07) is 7.14. The fourth-order valence-corrected chi connectivity index (χ4v) is 1.36. The van der Waals surface area contributed by atoms with Gasteiger partial charge in [0.25, 0.3) is 0 Å². The van der Waals surface area contributed by atoms with E-state index in [-0.39, 0.29) is 18.9 Å². The Kier molecular flexibility index (Phi) is 3.80. The minimum atomic E-state index is -0.173. The molecule has 6 heteroatoms. The van der Waals surface area contributed by atoms with Crippen molar-refractivity contribution in [2.24, 2.45) is 0 Å². The fourth-order valence-electron chi connectivity index (χ4n) is 1.36. The number of ether oxygens (including phenoxy) is 1. The molecule has 0 bridgehead atoms. The molecule has 1 heterocycles. The molecule has 0 atom stereocenters. The van der Waals surface area contributed by atoms with E-state index in [9.17, 15) is 4.79 Å². The Labute approximate surface area is 104 Å². The Bertz CT molecular complexity index is 511. The van der Waals surface area contributed by atoms with Crippen LogP contribution in [-0.2, 0) is 4.79 Å². The van der Waals surface area contributed by atoms with Crippen molar-refractivity contribution < 1.29 is 14.1 Å². The molecule has 0 saturated carbocycles. The van der Waals surface area contributed by atoms with E-state index in [1.54, 1.807) is 12.1 Å². The Morgan fingerprint density at radius 1 is 1.44 bits per heavy atom. The number of anilines is 2. The first-order valence-electron chi connectivity index (χ1n) is 5.42. The van der Waals surface area contributed by atoms with Gasteiger partial charge >= 0.3 is 0 Å². The van der Waals surface area contributed by atoms with Gasteiger partial charge in [-0.3, -0.25) is 4.79 Å². The summed E-state index contributed by atoms with van der Waals surface area (Å²) in [6.45, 7) is 0.255. The number of nitrogen functional groups attached to an aromatic ring is 1. The number of carbonyl (C=O) groups excluding carboxylic acids is 1. The van der Waals surface area contributed by atoms with E-state index < -0.39 is 0 Å². The van der Waals surface area contributed by atoms with Crippen LogP contribution in [0.1, 0.15) is 6.42 Å². The predicted octanol–water partition coefficient (Wildman–Crippen LogP) is 1.66. The van der Waals surface area contributed by atoms with Crippen LogP contribution in [0.25, 0.3) is 0 Å². The van der Waals surface area contributed by atoms with E-state index >= 15 is 0 Å². The second kappa shape index (κ2) is 5.72. The number of benzene rings is 1. The lowest BCUT2D eigenvalue weighted by molar-refractivity contribution is -0.116. The number of carbonyl (C=O) groups is 1. The quantitative estimate of drug-likeness (QED) is 0.784. The van der Waals surface area contributed by atoms with Crippen molar-refractivity contribution in [2.75, 3.05) is 17.7 Å². The topological polar surface area (TPSA) is 90.4 Å². The van der Waals surface area contributed by atoms with Gasteiger partial charge in [0.1, 0.15) is 17.7 Å². The van der Waals surface area contributed by atoms with Crippen LogP contribution in [0, 0.1) is 0 Å². The Balaban J connectivity index is 1.75. The molecule has 0 aliphatic heterocycles. The lowest BCUT2D eigenvalue weighted by Gasteiger charge is -2.08. The molecule has 6 nitrogen and oxygen atoms in total. The van der Waals surface area contributed by atoms with Gasteiger partial charge in [0, 0.05) is 0 Å². The summed E-state index contributed by atoms with van der Waals surface area (Å²) in [6.07, 6.45) is 3.00. The number of para-hydroxylation sites is 2. The van der Waals surface area contributed by atoms with E-state index in [0.29, 0.717) is 17.1 Å². The molecule has 0 radical (unpaired) electrons. The van der Waals surface area contributed by atoms with Gasteiger partial charge in [0.05, 0.1) is 24.9 Å². The maximum atomic E-state index is 11.5. The summed E-state index contributed by atoms with van der Waals surface area (Å²) in [5.74, 6) is 0.406. The molecule has 1 aromatic carbocycles. The second-order valence-corrected chi connectivity index (χ2v) is 3.60. The highest BCUT2D eigenvalue weighted by Crippen LogP contribution is 2.19. The molecule has 0 saturated heterocycles. The molecule has 18 heavy (non-hydrogen) atoms. The number of hydrogen-bond donors (Lipinski definition) is 2. The largest absolute Gasteiger partial charge is 0.491 e. The fraction of sp³-hybridized carbons (Fsp3) is 0.167. The lowest BCUT2D eigenvalue weighted by Crippen LogP contribution is -2.15. The zero-order valence-electron chi connectivity index (χ0n) is 9.63. The van der Waals surface area contributed by atoms with E-state index in [4.69, 9.17) is 10.5 Å². The van der Waals surface area contributed by atoms with Crippen LogP contribution in [0.5, 0.6) is 5.75 Å². The summed E-state index contributed by atoms with van der Waals surface area (Å²) in [5, 5.41) is 6.09. The van der Waals surface area contributed by atoms with Crippen molar-refractivity contribution in [3.05, 3.63) is 36.7 Å². The van der Waals surface area contributed by atoms with Gasteiger partial charge < -0.3 is 20.3 Å². The summed E-state index contributed by atoms with van der Waals surface area (Å²) >= 11 is 0. The molecule has 0 unspecified atom stereocenters. The van der Waals surface area contributed by atoms with Crippen molar-refractivity contribution in [3.8, 4) is 5.75 Å². The molecule has 94 valence electrons. The summed E-state index contributed by atoms with van der Waals surface area (Å²) < 4.78 is 9.99. The number of hydrogen-bond acceptors (Lipinski definition) is 5. The molecule has 2 aromatic rings. The van der Waals surface area contributed by atoms with Gasteiger partial charge in [-0.25, -0.2) is 0 Å². The van der Waals surface area contributed by atoms with Crippen molar-refractivity contribution in [1.82, 2.24) is 5.16 Å². The SMILES string of the molecule is Nc1ccccc1OCCC(=O)Nc1cnoc1. The van der Waals surface area contributed by atoms with Gasteiger partial charge in [-0.05, 0) is 12.1 Å². The van der Waals surface area contributed by atoms with Gasteiger partial charge in [0.2, 0.25) is 5.91 Å². The molecule has 0 fully saturated rings. The summed E-state index contributed by atoms with van der Waals surface area (Å²) in [5.41, 5.74) is 6.78. The highest BCUT2D eigenvalue weighted by atomic mass is 16.5. The van der Waals surface area contributed by atoms with Gasteiger partial charge in [-0.15, -0.1) is 0 Å². The van der Waals surface area contributed by atoms with Gasteiger partial charge in [0.15, 0.2) is 0 Å². The molecule has 0 aliphatic carbocycles. The third-order valence-corrected chi connectivity index (χ3v) is 2.22. The van der Waals surface area contributed by atoms with E-state index in [0.717, 1.165) is 0 Å². The van der Waals surface area contributed by atoms with Crippen LogP contribution in [-0.4, -0.2) is 17.7 Å². The standard InChI is InChI=1S/C12H13N3O3/c13-10-3-1-2-4-11(10)17-6-5-12(16)15-9-7-14-18-8-9/h1-4,7-8H,5-6,13H2,(H,15,16). The monoisotopic (exact) mass is 247 g/mol. The minimum absolute atomic E-state index is 0.173. The molecule has 1 amide bonds. The van der Waals surface area contributed by atoms with Crippen LogP contribution in [0.15, 0.2) is 41.2 Å². The average Bonchev–Trinajstić information content (AvgIpc) is 2.84. The van der Waals surface area contributed by atoms with Crippen LogP contribution < -0.4 is 15.8 Å². The van der Waals surface area contributed by atoms with Crippen molar-refractivity contribution in [1.29, 1.82) is 0 Å². The average molecular weight is 247 g/mol. The summed E-state index contributed by atoms with van der Waals surface area (Å²) in [4.78, 5) is 11.5. The molecule has 1 aromatic heterocycles. The predicted molar refractivity (Wildman–Crippen MR) is 66.1 cm³/mol.